The van der Waals surface area contributed by atoms with Gasteiger partial charge in [0.1, 0.15) is 6.54 Å². The van der Waals surface area contributed by atoms with Crippen molar-refractivity contribution in [1.82, 2.24) is 4.57 Å². The second-order valence-electron chi connectivity index (χ2n) is 4.80. The van der Waals surface area contributed by atoms with Gasteiger partial charge in [-0.05, 0) is 29.7 Å². The Hall–Kier alpha value is -2.30. The number of fused-ring (bicyclic) bond motifs is 1. The van der Waals surface area contributed by atoms with Gasteiger partial charge in [-0.3, -0.25) is 4.79 Å². The highest BCUT2D eigenvalue weighted by Crippen LogP contribution is 2.26. The van der Waals surface area contributed by atoms with Crippen LogP contribution in [0.4, 0.5) is 0 Å². The van der Waals surface area contributed by atoms with Crippen molar-refractivity contribution in [3.63, 3.8) is 0 Å². The van der Waals surface area contributed by atoms with Gasteiger partial charge in [0, 0.05) is 11.6 Å². The summed E-state index contributed by atoms with van der Waals surface area (Å²) in [5, 5.41) is 18.9. The average molecular weight is 261 g/mol. The van der Waals surface area contributed by atoms with Crippen LogP contribution in [0.2, 0.25) is 0 Å². The van der Waals surface area contributed by atoms with Crippen LogP contribution in [0.1, 0.15) is 35.7 Å². The number of rotatable bonds is 4. The molecule has 0 radical (unpaired) electrons. The van der Waals surface area contributed by atoms with E-state index in [4.69, 9.17) is 5.11 Å². The average Bonchev–Trinajstić information content (AvgIpc) is 2.70. The molecule has 0 unspecified atom stereocenters. The predicted octanol–water partition coefficient (Wildman–Crippen LogP) is 2.55. The molecule has 5 heteroatoms. The van der Waals surface area contributed by atoms with E-state index in [0.29, 0.717) is 5.52 Å². The van der Waals surface area contributed by atoms with Crippen LogP contribution in [0.5, 0.6) is 0 Å². The molecule has 1 aromatic carbocycles. The third kappa shape index (κ3) is 2.45. The molecular formula is C14H15NO4. The fourth-order valence-corrected chi connectivity index (χ4v) is 2.15. The summed E-state index contributed by atoms with van der Waals surface area (Å²) in [5.41, 5.74) is 1.53. The molecule has 0 fully saturated rings. The van der Waals surface area contributed by atoms with E-state index in [0.717, 1.165) is 10.9 Å². The second-order valence-corrected chi connectivity index (χ2v) is 4.80. The van der Waals surface area contributed by atoms with Gasteiger partial charge in [-0.1, -0.05) is 13.8 Å². The topological polar surface area (TPSA) is 79.5 Å². The first-order chi connectivity index (χ1) is 8.90. The molecule has 19 heavy (non-hydrogen) atoms. The van der Waals surface area contributed by atoms with E-state index in [1.54, 1.807) is 18.3 Å². The van der Waals surface area contributed by atoms with Gasteiger partial charge in [0.05, 0.1) is 11.1 Å². The number of aliphatic carboxylic acids is 1. The number of aromatic carboxylic acids is 1. The van der Waals surface area contributed by atoms with Gasteiger partial charge in [0.15, 0.2) is 0 Å². The maximum absolute atomic E-state index is 11.4. The third-order valence-corrected chi connectivity index (χ3v) is 3.09. The van der Waals surface area contributed by atoms with Crippen molar-refractivity contribution in [3.8, 4) is 0 Å². The van der Waals surface area contributed by atoms with Crippen LogP contribution in [-0.2, 0) is 11.3 Å². The zero-order valence-corrected chi connectivity index (χ0v) is 10.8. The lowest BCUT2D eigenvalue weighted by Gasteiger charge is -2.10. The van der Waals surface area contributed by atoms with Crippen LogP contribution < -0.4 is 0 Å². The van der Waals surface area contributed by atoms with Crippen LogP contribution in [-0.4, -0.2) is 26.7 Å². The SMILES string of the molecule is CC(C)c1cc(C(=O)O)c2c(ccn2CC(=O)O)c1. The van der Waals surface area contributed by atoms with Crippen molar-refractivity contribution in [2.24, 2.45) is 0 Å². The van der Waals surface area contributed by atoms with Gasteiger partial charge in [-0.25, -0.2) is 4.79 Å². The Balaban J connectivity index is 2.71. The summed E-state index contributed by atoms with van der Waals surface area (Å²) in [5.74, 6) is -1.83. The molecule has 0 spiro atoms. The highest BCUT2D eigenvalue weighted by atomic mass is 16.4. The minimum atomic E-state index is -1.04. The van der Waals surface area contributed by atoms with Crippen molar-refractivity contribution >= 4 is 22.8 Å². The highest BCUT2D eigenvalue weighted by molar-refractivity contribution is 6.03. The number of hydrogen-bond donors (Lipinski definition) is 2. The van der Waals surface area contributed by atoms with Crippen molar-refractivity contribution < 1.29 is 19.8 Å². The normalized spacial score (nSPS) is 11.1. The maximum atomic E-state index is 11.4. The molecule has 2 rings (SSSR count). The van der Waals surface area contributed by atoms with Gasteiger partial charge in [-0.2, -0.15) is 0 Å². The van der Waals surface area contributed by atoms with Crippen molar-refractivity contribution in [2.75, 3.05) is 0 Å². The monoisotopic (exact) mass is 261 g/mol. The molecule has 0 atom stereocenters. The summed E-state index contributed by atoms with van der Waals surface area (Å²) in [6, 6.07) is 5.27. The molecule has 0 saturated heterocycles. The standard InChI is InChI=1S/C14H15NO4/c1-8(2)10-5-9-3-4-15(7-12(16)17)13(9)11(6-10)14(18)19/h3-6,8H,7H2,1-2H3,(H,16,17)(H,18,19). The Labute approximate surface area is 110 Å². The molecule has 1 aromatic heterocycles. The molecule has 0 aliphatic heterocycles. The second kappa shape index (κ2) is 4.76. The van der Waals surface area contributed by atoms with E-state index in [-0.39, 0.29) is 18.0 Å². The Morgan fingerprint density at radius 3 is 2.47 bits per heavy atom. The van der Waals surface area contributed by atoms with Crippen LogP contribution in [0.15, 0.2) is 24.4 Å². The molecule has 0 amide bonds. The zero-order chi connectivity index (χ0) is 14.2. The minimum Gasteiger partial charge on any atom is -0.480 e. The number of nitrogens with zero attached hydrogens (tertiary/aromatic N) is 1. The number of benzene rings is 1. The summed E-state index contributed by atoms with van der Waals surface area (Å²) in [4.78, 5) is 22.2. The quantitative estimate of drug-likeness (QED) is 0.886. The number of carbonyl (C=O) groups is 2. The fourth-order valence-electron chi connectivity index (χ4n) is 2.15. The molecule has 0 bridgehead atoms. The summed E-state index contributed by atoms with van der Waals surface area (Å²) in [6.45, 7) is 3.73. The van der Waals surface area contributed by atoms with E-state index in [9.17, 15) is 14.7 Å². The number of hydrogen-bond acceptors (Lipinski definition) is 2. The first kappa shape index (κ1) is 13.1. The highest BCUT2D eigenvalue weighted by Gasteiger charge is 2.16. The van der Waals surface area contributed by atoms with Gasteiger partial charge < -0.3 is 14.8 Å². The zero-order valence-electron chi connectivity index (χ0n) is 10.8. The summed E-state index contributed by atoms with van der Waals surface area (Å²) in [7, 11) is 0. The van der Waals surface area contributed by atoms with Crippen LogP contribution in [0.3, 0.4) is 0 Å². The van der Waals surface area contributed by atoms with Crippen LogP contribution in [0, 0.1) is 0 Å². The molecule has 0 aliphatic rings. The lowest BCUT2D eigenvalue weighted by Crippen LogP contribution is -2.10. The molecule has 2 aromatic rings. The van der Waals surface area contributed by atoms with Crippen LogP contribution >= 0.6 is 0 Å². The first-order valence-corrected chi connectivity index (χ1v) is 5.98. The predicted molar refractivity (Wildman–Crippen MR) is 70.6 cm³/mol. The third-order valence-electron chi connectivity index (χ3n) is 3.09. The van der Waals surface area contributed by atoms with Crippen molar-refractivity contribution in [3.05, 3.63) is 35.5 Å². The van der Waals surface area contributed by atoms with E-state index < -0.39 is 11.9 Å². The van der Waals surface area contributed by atoms with Gasteiger partial charge >= 0.3 is 11.9 Å². The number of aromatic nitrogens is 1. The van der Waals surface area contributed by atoms with Crippen molar-refractivity contribution in [1.29, 1.82) is 0 Å². The summed E-state index contributed by atoms with van der Waals surface area (Å²) < 4.78 is 1.45. The van der Waals surface area contributed by atoms with Crippen LogP contribution in [0.25, 0.3) is 10.9 Å². The van der Waals surface area contributed by atoms with E-state index in [1.807, 2.05) is 19.9 Å². The van der Waals surface area contributed by atoms with Gasteiger partial charge in [0.25, 0.3) is 0 Å². The molecule has 5 nitrogen and oxygen atoms in total. The summed E-state index contributed by atoms with van der Waals surface area (Å²) in [6.07, 6.45) is 1.61. The Morgan fingerprint density at radius 2 is 1.95 bits per heavy atom. The van der Waals surface area contributed by atoms with E-state index in [2.05, 4.69) is 0 Å². The van der Waals surface area contributed by atoms with Crippen molar-refractivity contribution in [2.45, 2.75) is 26.3 Å². The van der Waals surface area contributed by atoms with Gasteiger partial charge in [-0.15, -0.1) is 0 Å². The minimum absolute atomic E-state index is 0.146. The first-order valence-electron chi connectivity index (χ1n) is 5.98. The number of carboxylic acids is 2. The molecule has 1 heterocycles. The Morgan fingerprint density at radius 1 is 1.26 bits per heavy atom. The molecule has 2 N–H and O–H groups in total. The fraction of sp³-hybridized carbons (Fsp3) is 0.286. The maximum Gasteiger partial charge on any atom is 0.337 e. The smallest absolute Gasteiger partial charge is 0.337 e. The van der Waals surface area contributed by atoms with E-state index in [1.165, 1.54) is 4.57 Å². The molecule has 0 saturated carbocycles. The molecule has 100 valence electrons. The van der Waals surface area contributed by atoms with Gasteiger partial charge in [0.2, 0.25) is 0 Å². The Bertz CT molecular complexity index is 655. The largest absolute Gasteiger partial charge is 0.480 e. The lowest BCUT2D eigenvalue weighted by atomic mass is 9.98. The Kier molecular flexibility index (Phi) is 3.29. The molecular weight excluding hydrogens is 246 g/mol. The van der Waals surface area contributed by atoms with E-state index >= 15 is 0 Å². The summed E-state index contributed by atoms with van der Waals surface area (Å²) >= 11 is 0. The lowest BCUT2D eigenvalue weighted by molar-refractivity contribution is -0.137. The number of carboxylic acid groups (broad SMARTS) is 2. The molecule has 0 aliphatic carbocycles.